The van der Waals surface area contributed by atoms with Gasteiger partial charge in [-0.05, 0) is 41.5 Å². The summed E-state index contributed by atoms with van der Waals surface area (Å²) in [5.41, 5.74) is 1.46. The summed E-state index contributed by atoms with van der Waals surface area (Å²) in [5.74, 6) is 1.14. The third kappa shape index (κ3) is 5.39. The molecule has 36 heavy (non-hydrogen) atoms. The number of hydrogen-bond donors (Lipinski definition) is 0. The normalized spacial score (nSPS) is 11.2. The molecular weight excluding hydrogens is 552 g/mol. The van der Waals surface area contributed by atoms with Crippen LogP contribution in [0.25, 0.3) is 10.9 Å². The molecule has 0 saturated heterocycles. The lowest BCUT2D eigenvalue weighted by atomic mass is 10.2. The lowest BCUT2D eigenvalue weighted by molar-refractivity contribution is -0.384. The summed E-state index contributed by atoms with van der Waals surface area (Å²) >= 11 is 9.85. The molecule has 0 aliphatic heterocycles. The van der Waals surface area contributed by atoms with E-state index < -0.39 is 4.92 Å². The fraction of sp³-hybridized carbons (Fsp3) is 0.160. The van der Waals surface area contributed by atoms with E-state index in [2.05, 4.69) is 26.0 Å². The van der Waals surface area contributed by atoms with Crippen LogP contribution in [0.1, 0.15) is 23.9 Å². The average molecular weight is 572 g/mol. The van der Waals surface area contributed by atoms with Crippen LogP contribution in [0.5, 0.6) is 11.5 Å². The Labute approximate surface area is 219 Å². The zero-order valence-electron chi connectivity index (χ0n) is 19.3. The highest BCUT2D eigenvalue weighted by Gasteiger charge is 2.14. The third-order valence-corrected chi connectivity index (χ3v) is 6.04. The lowest BCUT2D eigenvalue weighted by Gasteiger charge is -2.13. The Hall–Kier alpha value is -3.76. The molecule has 0 atom stereocenters. The van der Waals surface area contributed by atoms with Crippen LogP contribution in [0.4, 0.5) is 5.69 Å². The van der Waals surface area contributed by atoms with E-state index in [1.165, 1.54) is 30.1 Å². The van der Waals surface area contributed by atoms with Crippen molar-refractivity contribution in [3.05, 3.63) is 102 Å². The first-order valence-electron chi connectivity index (χ1n) is 10.8. The third-order valence-electron chi connectivity index (χ3n) is 5.27. The van der Waals surface area contributed by atoms with Crippen molar-refractivity contribution in [1.82, 2.24) is 9.66 Å². The number of nitro benzene ring substituents is 1. The largest absolute Gasteiger partial charge is 0.493 e. The monoisotopic (exact) mass is 570 g/mol. The van der Waals surface area contributed by atoms with Crippen molar-refractivity contribution in [3.8, 4) is 11.5 Å². The van der Waals surface area contributed by atoms with Crippen molar-refractivity contribution in [2.24, 2.45) is 5.10 Å². The number of methoxy groups -OCH3 is 1. The maximum atomic E-state index is 13.1. The van der Waals surface area contributed by atoms with Gasteiger partial charge in [0.1, 0.15) is 12.4 Å². The summed E-state index contributed by atoms with van der Waals surface area (Å²) in [6.07, 6.45) is 2.00. The first-order chi connectivity index (χ1) is 17.3. The van der Waals surface area contributed by atoms with Crippen LogP contribution in [0.2, 0.25) is 5.02 Å². The molecule has 0 bridgehead atoms. The zero-order valence-corrected chi connectivity index (χ0v) is 21.6. The van der Waals surface area contributed by atoms with Crippen molar-refractivity contribution >= 4 is 50.3 Å². The quantitative estimate of drug-likeness (QED) is 0.151. The molecule has 4 rings (SSSR count). The Morgan fingerprint density at radius 3 is 2.75 bits per heavy atom. The minimum Gasteiger partial charge on any atom is -0.493 e. The predicted octanol–water partition coefficient (Wildman–Crippen LogP) is 5.75. The molecule has 9 nitrogen and oxygen atoms in total. The van der Waals surface area contributed by atoms with Gasteiger partial charge in [-0.3, -0.25) is 14.9 Å². The van der Waals surface area contributed by atoms with E-state index in [4.69, 9.17) is 21.1 Å². The number of benzene rings is 3. The molecule has 4 aromatic rings. The Morgan fingerprint density at radius 2 is 2.03 bits per heavy atom. The molecule has 1 aromatic heterocycles. The number of halogens is 2. The Balaban J connectivity index is 1.64. The summed E-state index contributed by atoms with van der Waals surface area (Å²) in [7, 11) is 1.47. The molecule has 1 heterocycles. The molecule has 0 fully saturated rings. The highest BCUT2D eigenvalue weighted by Crippen LogP contribution is 2.36. The molecule has 0 unspecified atom stereocenters. The Morgan fingerprint density at radius 1 is 1.22 bits per heavy atom. The fourth-order valence-electron chi connectivity index (χ4n) is 3.54. The van der Waals surface area contributed by atoms with E-state index in [1.807, 2.05) is 13.0 Å². The van der Waals surface area contributed by atoms with Gasteiger partial charge < -0.3 is 9.47 Å². The van der Waals surface area contributed by atoms with Crippen LogP contribution in [0, 0.1) is 10.1 Å². The van der Waals surface area contributed by atoms with Crippen molar-refractivity contribution in [2.75, 3.05) is 7.11 Å². The molecule has 3 aromatic carbocycles. The molecule has 0 saturated carbocycles. The SMILES string of the molecule is CCc1nc2ccc(Br)cc2c(=O)n1N=Cc1cc(Cl)c(OCc2cccc([N+](=O)[O-])c2)c(OC)c1. The van der Waals surface area contributed by atoms with Gasteiger partial charge in [0.15, 0.2) is 11.5 Å². The van der Waals surface area contributed by atoms with Crippen LogP contribution in [0.3, 0.4) is 0 Å². The summed E-state index contributed by atoms with van der Waals surface area (Å²) in [6, 6.07) is 14.8. The van der Waals surface area contributed by atoms with Crippen molar-refractivity contribution in [1.29, 1.82) is 0 Å². The number of nitrogens with zero attached hydrogens (tertiary/aromatic N) is 4. The summed E-state index contributed by atoms with van der Waals surface area (Å²) in [6.45, 7) is 1.95. The van der Waals surface area contributed by atoms with Crippen LogP contribution in [0.15, 0.2) is 69.0 Å². The predicted molar refractivity (Wildman–Crippen MR) is 142 cm³/mol. The summed E-state index contributed by atoms with van der Waals surface area (Å²) < 4.78 is 13.3. The van der Waals surface area contributed by atoms with E-state index in [1.54, 1.807) is 36.4 Å². The first-order valence-corrected chi connectivity index (χ1v) is 12.0. The number of fused-ring (bicyclic) bond motifs is 1. The molecule has 0 radical (unpaired) electrons. The van der Waals surface area contributed by atoms with Gasteiger partial charge in [-0.1, -0.05) is 46.6 Å². The van der Waals surface area contributed by atoms with Gasteiger partial charge in [-0.25, -0.2) is 4.98 Å². The Bertz CT molecular complexity index is 1550. The zero-order chi connectivity index (χ0) is 25.8. The van der Waals surface area contributed by atoms with Crippen LogP contribution in [-0.2, 0) is 13.0 Å². The number of aromatic nitrogens is 2. The Kier molecular flexibility index (Phi) is 7.66. The molecular formula is C25H20BrClN4O5. The summed E-state index contributed by atoms with van der Waals surface area (Å²) in [4.78, 5) is 28.2. The molecule has 0 aliphatic carbocycles. The number of aryl methyl sites for hydroxylation is 1. The van der Waals surface area contributed by atoms with Gasteiger partial charge in [0.05, 0.1) is 34.2 Å². The second-order valence-electron chi connectivity index (χ2n) is 7.65. The van der Waals surface area contributed by atoms with Crippen LogP contribution in [-0.4, -0.2) is 27.9 Å². The minimum absolute atomic E-state index is 0.0297. The number of non-ortho nitro benzene ring substituents is 1. The van der Waals surface area contributed by atoms with E-state index in [-0.39, 0.29) is 28.6 Å². The number of rotatable bonds is 8. The minimum atomic E-state index is -0.468. The number of nitro groups is 1. The van der Waals surface area contributed by atoms with Gasteiger partial charge >= 0.3 is 0 Å². The smallest absolute Gasteiger partial charge is 0.282 e. The summed E-state index contributed by atoms with van der Waals surface area (Å²) in [5, 5.41) is 16.1. The van der Waals surface area contributed by atoms with Crippen LogP contribution < -0.4 is 15.0 Å². The van der Waals surface area contributed by atoms with Gasteiger partial charge in [0.25, 0.3) is 11.2 Å². The molecule has 0 N–H and O–H groups in total. The molecule has 0 aliphatic rings. The standard InChI is InChI=1S/C25H20BrClN4O5/c1-3-23-29-21-8-7-17(26)12-19(21)25(32)30(23)28-13-16-10-20(27)24(22(11-16)35-2)36-14-15-5-4-6-18(9-15)31(33)34/h4-13H,3,14H2,1-2H3. The first kappa shape index (κ1) is 25.3. The van der Waals surface area contributed by atoms with Gasteiger partial charge in [0, 0.05) is 23.0 Å². The molecule has 0 amide bonds. The van der Waals surface area contributed by atoms with E-state index in [0.717, 1.165) is 4.47 Å². The molecule has 184 valence electrons. The highest BCUT2D eigenvalue weighted by molar-refractivity contribution is 9.10. The van der Waals surface area contributed by atoms with Gasteiger partial charge in [0.2, 0.25) is 0 Å². The van der Waals surface area contributed by atoms with E-state index in [0.29, 0.717) is 40.0 Å². The van der Waals surface area contributed by atoms with Gasteiger partial charge in [-0.15, -0.1) is 0 Å². The fourth-order valence-corrected chi connectivity index (χ4v) is 4.17. The van der Waals surface area contributed by atoms with Crippen molar-refractivity contribution in [2.45, 2.75) is 20.0 Å². The second-order valence-corrected chi connectivity index (χ2v) is 8.98. The molecule has 0 spiro atoms. The molecule has 11 heteroatoms. The lowest BCUT2D eigenvalue weighted by Crippen LogP contribution is -2.22. The van der Waals surface area contributed by atoms with Crippen molar-refractivity contribution in [3.63, 3.8) is 0 Å². The van der Waals surface area contributed by atoms with Crippen molar-refractivity contribution < 1.29 is 14.4 Å². The highest BCUT2D eigenvalue weighted by atomic mass is 79.9. The topological polar surface area (TPSA) is 109 Å². The second kappa shape index (κ2) is 10.9. The maximum Gasteiger partial charge on any atom is 0.282 e. The average Bonchev–Trinajstić information content (AvgIpc) is 2.87. The number of hydrogen-bond acceptors (Lipinski definition) is 7. The van der Waals surface area contributed by atoms with E-state index >= 15 is 0 Å². The maximum absolute atomic E-state index is 13.1. The van der Waals surface area contributed by atoms with Crippen LogP contribution >= 0.6 is 27.5 Å². The van der Waals surface area contributed by atoms with Gasteiger partial charge in [-0.2, -0.15) is 9.78 Å². The number of ether oxygens (including phenoxy) is 2. The van der Waals surface area contributed by atoms with E-state index in [9.17, 15) is 14.9 Å².